The number of amides is 2. The number of ether oxygens (including phenoxy) is 1. The van der Waals surface area contributed by atoms with Crippen LogP contribution in [0.1, 0.15) is 21.5 Å². The van der Waals surface area contributed by atoms with Gasteiger partial charge >= 0.3 is 6.18 Å². The molecule has 3 rings (SSSR count). The first-order valence-corrected chi connectivity index (χ1v) is 9.44. The Balaban J connectivity index is 1.57. The van der Waals surface area contributed by atoms with Crippen molar-refractivity contribution in [1.82, 2.24) is 5.32 Å². The highest BCUT2D eigenvalue weighted by Crippen LogP contribution is 2.29. The van der Waals surface area contributed by atoms with E-state index in [2.05, 4.69) is 10.6 Å². The van der Waals surface area contributed by atoms with Crippen LogP contribution in [0.3, 0.4) is 0 Å². The van der Waals surface area contributed by atoms with Crippen molar-refractivity contribution in [3.8, 4) is 5.75 Å². The third-order valence-corrected chi connectivity index (χ3v) is 4.35. The molecule has 5 nitrogen and oxygen atoms in total. The molecule has 0 radical (unpaired) electrons. The van der Waals surface area contributed by atoms with Crippen LogP contribution in [0.25, 0.3) is 0 Å². The van der Waals surface area contributed by atoms with Gasteiger partial charge in [-0.25, -0.2) is 4.39 Å². The quantitative estimate of drug-likeness (QED) is 0.513. The largest absolute Gasteiger partial charge is 0.483 e. The molecule has 0 atom stereocenters. The van der Waals surface area contributed by atoms with Crippen molar-refractivity contribution in [2.75, 3.05) is 11.9 Å². The molecule has 0 spiro atoms. The first kappa shape index (κ1) is 22.8. The molecule has 0 aliphatic rings. The number of hydrogen-bond acceptors (Lipinski definition) is 3. The summed E-state index contributed by atoms with van der Waals surface area (Å²) in [5.74, 6) is -1.29. The number of rotatable bonds is 7. The highest BCUT2D eigenvalue weighted by atomic mass is 19.4. The molecule has 2 amide bonds. The maximum Gasteiger partial charge on any atom is 0.416 e. The van der Waals surface area contributed by atoms with Crippen LogP contribution in [-0.4, -0.2) is 18.4 Å². The van der Waals surface area contributed by atoms with Gasteiger partial charge in [-0.15, -0.1) is 0 Å². The van der Waals surface area contributed by atoms with Gasteiger partial charge in [0.2, 0.25) is 0 Å². The van der Waals surface area contributed by atoms with Gasteiger partial charge in [0.05, 0.1) is 11.1 Å². The molecule has 2 N–H and O–H groups in total. The minimum atomic E-state index is -4.43. The summed E-state index contributed by atoms with van der Waals surface area (Å²) in [7, 11) is 0. The number of benzene rings is 3. The number of para-hydroxylation sites is 1. The molecule has 0 aliphatic heterocycles. The molecular formula is C23H18F4N2O3. The zero-order valence-corrected chi connectivity index (χ0v) is 16.6. The van der Waals surface area contributed by atoms with Crippen molar-refractivity contribution in [3.63, 3.8) is 0 Å². The fraction of sp³-hybridized carbons (Fsp3) is 0.130. The van der Waals surface area contributed by atoms with Crippen molar-refractivity contribution in [1.29, 1.82) is 0 Å². The van der Waals surface area contributed by atoms with Gasteiger partial charge in [0.25, 0.3) is 11.8 Å². The number of carbonyl (C=O) groups excluding carboxylic acids is 2. The molecule has 0 heterocycles. The number of hydrogen-bond donors (Lipinski definition) is 2. The van der Waals surface area contributed by atoms with Crippen LogP contribution in [0.5, 0.6) is 5.75 Å². The molecule has 0 aromatic heterocycles. The van der Waals surface area contributed by atoms with Crippen LogP contribution in [0, 0.1) is 5.82 Å². The second-order valence-electron chi connectivity index (χ2n) is 6.72. The van der Waals surface area contributed by atoms with E-state index < -0.39 is 29.4 Å². The highest BCUT2D eigenvalue weighted by Gasteiger charge is 2.29. The zero-order valence-electron chi connectivity index (χ0n) is 16.6. The number of carbonyl (C=O) groups is 2. The van der Waals surface area contributed by atoms with Crippen LogP contribution in [0.2, 0.25) is 0 Å². The van der Waals surface area contributed by atoms with Gasteiger partial charge in [-0.1, -0.05) is 24.3 Å². The topological polar surface area (TPSA) is 67.4 Å². The van der Waals surface area contributed by atoms with Gasteiger partial charge in [-0.3, -0.25) is 9.59 Å². The SMILES string of the molecule is O=C(COc1ccccc1C(=O)NCc1ccc(C(F)(F)F)cc1)Nc1ccc(F)cc1. The number of nitrogens with one attached hydrogen (secondary N) is 2. The molecule has 3 aromatic rings. The molecule has 0 aliphatic carbocycles. The fourth-order valence-corrected chi connectivity index (χ4v) is 2.74. The normalized spacial score (nSPS) is 11.0. The average molecular weight is 446 g/mol. The van der Waals surface area contributed by atoms with Crippen molar-refractivity contribution in [2.24, 2.45) is 0 Å². The monoisotopic (exact) mass is 446 g/mol. The minimum absolute atomic E-state index is 0.0103. The Morgan fingerprint density at radius 1 is 0.875 bits per heavy atom. The predicted molar refractivity (Wildman–Crippen MR) is 110 cm³/mol. The number of alkyl halides is 3. The summed E-state index contributed by atoms with van der Waals surface area (Å²) in [5, 5.41) is 5.15. The smallest absolute Gasteiger partial charge is 0.416 e. The van der Waals surface area contributed by atoms with E-state index >= 15 is 0 Å². The molecule has 0 saturated carbocycles. The predicted octanol–water partition coefficient (Wildman–Crippen LogP) is 4.79. The van der Waals surface area contributed by atoms with Crippen LogP contribution in [-0.2, 0) is 17.5 Å². The molecule has 0 unspecified atom stereocenters. The van der Waals surface area contributed by atoms with E-state index in [1.807, 2.05) is 0 Å². The van der Waals surface area contributed by atoms with Crippen LogP contribution in [0.15, 0.2) is 72.8 Å². The lowest BCUT2D eigenvalue weighted by atomic mass is 10.1. The molecule has 0 fully saturated rings. The standard InChI is InChI=1S/C23H18F4N2O3/c24-17-9-11-18(12-10-17)29-21(30)14-32-20-4-2-1-3-19(20)22(31)28-13-15-5-7-16(8-6-15)23(25,26)27/h1-12H,13-14H2,(H,28,31)(H,29,30). The minimum Gasteiger partial charge on any atom is -0.483 e. The summed E-state index contributed by atoms with van der Waals surface area (Å²) in [4.78, 5) is 24.6. The molecule has 3 aromatic carbocycles. The maximum atomic E-state index is 12.9. The van der Waals surface area contributed by atoms with Crippen LogP contribution >= 0.6 is 0 Å². The van der Waals surface area contributed by atoms with Gasteiger partial charge in [0.15, 0.2) is 6.61 Å². The lowest BCUT2D eigenvalue weighted by Crippen LogP contribution is -2.25. The Kier molecular flexibility index (Phi) is 7.09. The molecular weight excluding hydrogens is 428 g/mol. The Hall–Kier alpha value is -3.88. The molecule has 0 bridgehead atoms. The second-order valence-corrected chi connectivity index (χ2v) is 6.72. The number of halogens is 4. The van der Waals surface area contributed by atoms with E-state index in [9.17, 15) is 27.2 Å². The molecule has 0 saturated heterocycles. The highest BCUT2D eigenvalue weighted by molar-refractivity contribution is 5.97. The first-order valence-electron chi connectivity index (χ1n) is 9.44. The fourth-order valence-electron chi connectivity index (χ4n) is 2.74. The van der Waals surface area contributed by atoms with Gasteiger partial charge in [-0.05, 0) is 54.1 Å². The van der Waals surface area contributed by atoms with E-state index in [1.165, 1.54) is 48.5 Å². The average Bonchev–Trinajstić information content (AvgIpc) is 2.77. The second kappa shape index (κ2) is 9.95. The van der Waals surface area contributed by atoms with Gasteiger partial charge in [-0.2, -0.15) is 13.2 Å². The molecule has 9 heteroatoms. The van der Waals surface area contributed by atoms with E-state index in [4.69, 9.17) is 4.74 Å². The Morgan fingerprint density at radius 3 is 2.19 bits per heavy atom. The van der Waals surface area contributed by atoms with E-state index in [-0.39, 0.29) is 24.5 Å². The van der Waals surface area contributed by atoms with Crippen molar-refractivity contribution < 1.29 is 31.9 Å². The molecule has 166 valence electrons. The van der Waals surface area contributed by atoms with Crippen LogP contribution < -0.4 is 15.4 Å². The van der Waals surface area contributed by atoms with Crippen LogP contribution in [0.4, 0.5) is 23.2 Å². The van der Waals surface area contributed by atoms with E-state index in [0.717, 1.165) is 12.1 Å². The van der Waals surface area contributed by atoms with Crippen molar-refractivity contribution >= 4 is 17.5 Å². The lowest BCUT2D eigenvalue weighted by molar-refractivity contribution is -0.137. The lowest BCUT2D eigenvalue weighted by Gasteiger charge is -2.12. The molecule has 32 heavy (non-hydrogen) atoms. The summed E-state index contributed by atoms with van der Waals surface area (Å²) in [5.41, 5.74) is 0.269. The van der Waals surface area contributed by atoms with Gasteiger partial charge in [0.1, 0.15) is 11.6 Å². The number of anilines is 1. The summed E-state index contributed by atoms with van der Waals surface area (Å²) >= 11 is 0. The third kappa shape index (κ3) is 6.31. The van der Waals surface area contributed by atoms with Crippen molar-refractivity contribution in [3.05, 3.63) is 95.3 Å². The summed E-state index contributed by atoms with van der Waals surface area (Å²) in [6, 6.07) is 15.9. The summed E-state index contributed by atoms with van der Waals surface area (Å²) in [6.45, 7) is -0.378. The maximum absolute atomic E-state index is 12.9. The Morgan fingerprint density at radius 2 is 1.53 bits per heavy atom. The van der Waals surface area contributed by atoms with Crippen molar-refractivity contribution in [2.45, 2.75) is 12.7 Å². The Labute approximate surface area is 181 Å². The first-order chi connectivity index (χ1) is 15.2. The Bertz CT molecular complexity index is 1080. The van der Waals surface area contributed by atoms with E-state index in [1.54, 1.807) is 12.1 Å². The summed E-state index contributed by atoms with van der Waals surface area (Å²) in [6.07, 6.45) is -4.43. The third-order valence-electron chi connectivity index (χ3n) is 4.35. The summed E-state index contributed by atoms with van der Waals surface area (Å²) < 4.78 is 56.3. The van der Waals surface area contributed by atoms with Gasteiger partial charge < -0.3 is 15.4 Å². The van der Waals surface area contributed by atoms with Gasteiger partial charge in [0, 0.05) is 12.2 Å². The zero-order chi connectivity index (χ0) is 23.1. The van der Waals surface area contributed by atoms with E-state index in [0.29, 0.717) is 11.3 Å².